The molecule has 0 spiro atoms. The van der Waals surface area contributed by atoms with Crippen LogP contribution in [0, 0.1) is 5.92 Å². The second kappa shape index (κ2) is 9.62. The van der Waals surface area contributed by atoms with Crippen LogP contribution in [-0.4, -0.2) is 61.5 Å². The second-order valence-corrected chi connectivity index (χ2v) is 7.07. The second-order valence-electron chi connectivity index (χ2n) is 6.66. The van der Waals surface area contributed by atoms with Crippen LogP contribution in [0.3, 0.4) is 0 Å². The van der Waals surface area contributed by atoms with Crippen LogP contribution < -0.4 is 5.32 Å². The Balaban J connectivity index is 0.00000208. The summed E-state index contributed by atoms with van der Waals surface area (Å²) < 4.78 is 0. The number of piperazine rings is 1. The first kappa shape index (κ1) is 19.5. The molecular weight excluding hydrogens is 345 g/mol. The van der Waals surface area contributed by atoms with Gasteiger partial charge in [0.2, 0.25) is 5.91 Å². The van der Waals surface area contributed by atoms with E-state index in [2.05, 4.69) is 10.2 Å². The quantitative estimate of drug-likeness (QED) is 0.882. The minimum Gasteiger partial charge on any atom is -0.340 e. The number of amides is 1. The minimum absolute atomic E-state index is 0. The van der Waals surface area contributed by atoms with Crippen LogP contribution in [0.1, 0.15) is 18.4 Å². The number of hydrogen-bond acceptors (Lipinski definition) is 3. The van der Waals surface area contributed by atoms with Crippen LogP contribution in [0.15, 0.2) is 24.3 Å². The van der Waals surface area contributed by atoms with E-state index in [1.807, 2.05) is 29.2 Å². The zero-order chi connectivity index (χ0) is 16.1. The topological polar surface area (TPSA) is 35.6 Å². The largest absolute Gasteiger partial charge is 0.340 e. The van der Waals surface area contributed by atoms with Gasteiger partial charge in [-0.3, -0.25) is 9.69 Å². The molecule has 0 radical (unpaired) electrons. The number of rotatable bonds is 4. The summed E-state index contributed by atoms with van der Waals surface area (Å²) in [7, 11) is 0. The van der Waals surface area contributed by atoms with Crippen molar-refractivity contribution in [3.8, 4) is 0 Å². The van der Waals surface area contributed by atoms with E-state index >= 15 is 0 Å². The molecule has 2 fully saturated rings. The predicted molar refractivity (Wildman–Crippen MR) is 101 cm³/mol. The van der Waals surface area contributed by atoms with Crippen LogP contribution in [0.4, 0.5) is 0 Å². The molecule has 1 amide bonds. The summed E-state index contributed by atoms with van der Waals surface area (Å²) >= 11 is 6.15. The molecule has 0 aliphatic carbocycles. The number of halogens is 2. The summed E-state index contributed by atoms with van der Waals surface area (Å²) in [6.45, 7) is 7.13. The molecule has 24 heavy (non-hydrogen) atoms. The van der Waals surface area contributed by atoms with E-state index < -0.39 is 0 Å². The number of nitrogens with one attached hydrogen (secondary N) is 1. The lowest BCUT2D eigenvalue weighted by atomic mass is 9.99. The standard InChI is InChI=1S/C18H26ClN3O.ClH/c19-17-6-2-1-5-16(17)12-18(23)22-10-8-21(9-11-22)14-15-4-3-7-20-13-15;/h1-2,5-6,15,20H,3-4,7-14H2;1H. The predicted octanol–water partition coefficient (Wildman–Crippen LogP) is 2.45. The highest BCUT2D eigenvalue weighted by Gasteiger charge is 2.24. The summed E-state index contributed by atoms with van der Waals surface area (Å²) in [4.78, 5) is 17.0. The molecular formula is C18H27Cl2N3O. The molecule has 0 aromatic heterocycles. The lowest BCUT2D eigenvalue weighted by Gasteiger charge is -2.37. The normalized spacial score (nSPS) is 22.0. The molecule has 6 heteroatoms. The molecule has 1 aromatic carbocycles. The Morgan fingerprint density at radius 1 is 1.21 bits per heavy atom. The van der Waals surface area contributed by atoms with Gasteiger partial charge in [-0.1, -0.05) is 29.8 Å². The Kier molecular flexibility index (Phi) is 7.82. The van der Waals surface area contributed by atoms with E-state index in [1.165, 1.54) is 25.9 Å². The number of carbonyl (C=O) groups excluding carboxylic acids is 1. The Hall–Kier alpha value is -0.810. The van der Waals surface area contributed by atoms with E-state index in [0.29, 0.717) is 11.4 Å². The first-order valence-electron chi connectivity index (χ1n) is 8.66. The third kappa shape index (κ3) is 5.35. The van der Waals surface area contributed by atoms with Gasteiger partial charge in [-0.2, -0.15) is 0 Å². The number of benzene rings is 1. The highest BCUT2D eigenvalue weighted by atomic mass is 35.5. The zero-order valence-corrected chi connectivity index (χ0v) is 15.6. The summed E-state index contributed by atoms with van der Waals surface area (Å²) in [5.74, 6) is 0.964. The Morgan fingerprint density at radius 2 is 1.96 bits per heavy atom. The molecule has 1 N–H and O–H groups in total. The maximum Gasteiger partial charge on any atom is 0.227 e. The Morgan fingerprint density at radius 3 is 2.62 bits per heavy atom. The summed E-state index contributed by atoms with van der Waals surface area (Å²) in [5, 5.41) is 4.16. The van der Waals surface area contributed by atoms with Gasteiger partial charge in [0.1, 0.15) is 0 Å². The molecule has 1 unspecified atom stereocenters. The van der Waals surface area contributed by atoms with Gasteiger partial charge in [-0.05, 0) is 43.5 Å². The molecule has 2 aliphatic rings. The summed E-state index contributed by atoms with van der Waals surface area (Å²) in [6.07, 6.45) is 3.03. The third-order valence-electron chi connectivity index (χ3n) is 4.94. The van der Waals surface area contributed by atoms with Crippen molar-refractivity contribution in [3.05, 3.63) is 34.9 Å². The molecule has 3 rings (SSSR count). The monoisotopic (exact) mass is 371 g/mol. The molecule has 0 saturated carbocycles. The smallest absolute Gasteiger partial charge is 0.227 e. The average molecular weight is 372 g/mol. The molecule has 1 aromatic rings. The van der Waals surface area contributed by atoms with Crippen molar-refractivity contribution < 1.29 is 4.79 Å². The van der Waals surface area contributed by atoms with Crippen molar-refractivity contribution in [2.24, 2.45) is 5.92 Å². The molecule has 2 heterocycles. The first-order valence-corrected chi connectivity index (χ1v) is 9.04. The van der Waals surface area contributed by atoms with Crippen molar-refractivity contribution in [1.82, 2.24) is 15.1 Å². The van der Waals surface area contributed by atoms with E-state index in [-0.39, 0.29) is 18.3 Å². The first-order chi connectivity index (χ1) is 11.2. The van der Waals surface area contributed by atoms with E-state index in [9.17, 15) is 4.79 Å². The number of piperidine rings is 1. The molecule has 1 atom stereocenters. The van der Waals surface area contributed by atoms with Crippen molar-refractivity contribution in [3.63, 3.8) is 0 Å². The average Bonchev–Trinajstić information content (AvgIpc) is 2.58. The summed E-state index contributed by atoms with van der Waals surface area (Å²) in [5.41, 5.74) is 0.926. The maximum atomic E-state index is 12.5. The fraction of sp³-hybridized carbons (Fsp3) is 0.611. The summed E-state index contributed by atoms with van der Waals surface area (Å²) in [6, 6.07) is 7.62. The van der Waals surface area contributed by atoms with Crippen LogP contribution in [0.5, 0.6) is 0 Å². The van der Waals surface area contributed by atoms with Crippen LogP contribution in [-0.2, 0) is 11.2 Å². The van der Waals surface area contributed by atoms with Gasteiger partial charge in [-0.25, -0.2) is 0 Å². The van der Waals surface area contributed by atoms with Crippen molar-refractivity contribution in [2.75, 3.05) is 45.8 Å². The molecule has 4 nitrogen and oxygen atoms in total. The van der Waals surface area contributed by atoms with Gasteiger partial charge < -0.3 is 10.2 Å². The van der Waals surface area contributed by atoms with E-state index in [0.717, 1.165) is 44.2 Å². The third-order valence-corrected chi connectivity index (χ3v) is 5.31. The highest BCUT2D eigenvalue weighted by Crippen LogP contribution is 2.17. The van der Waals surface area contributed by atoms with Gasteiger partial charge in [0.25, 0.3) is 0 Å². The zero-order valence-electron chi connectivity index (χ0n) is 14.0. The molecule has 134 valence electrons. The highest BCUT2D eigenvalue weighted by molar-refractivity contribution is 6.31. The number of nitrogens with zero attached hydrogens (tertiary/aromatic N) is 2. The Bertz CT molecular complexity index is 527. The van der Waals surface area contributed by atoms with Gasteiger partial charge in [0.05, 0.1) is 6.42 Å². The minimum atomic E-state index is 0. The van der Waals surface area contributed by atoms with E-state index in [1.54, 1.807) is 0 Å². The lowest BCUT2D eigenvalue weighted by Crippen LogP contribution is -2.51. The Labute approximate surface area is 155 Å². The van der Waals surface area contributed by atoms with Crippen molar-refractivity contribution in [1.29, 1.82) is 0 Å². The maximum absolute atomic E-state index is 12.5. The van der Waals surface area contributed by atoms with Gasteiger partial charge >= 0.3 is 0 Å². The fourth-order valence-corrected chi connectivity index (χ4v) is 3.74. The van der Waals surface area contributed by atoms with Crippen molar-refractivity contribution in [2.45, 2.75) is 19.3 Å². The molecule has 2 aliphatic heterocycles. The van der Waals surface area contributed by atoms with Crippen LogP contribution >= 0.6 is 24.0 Å². The van der Waals surface area contributed by atoms with Gasteiger partial charge in [0, 0.05) is 37.7 Å². The van der Waals surface area contributed by atoms with Crippen molar-refractivity contribution >= 4 is 29.9 Å². The number of hydrogen-bond donors (Lipinski definition) is 1. The van der Waals surface area contributed by atoms with Crippen LogP contribution in [0.25, 0.3) is 0 Å². The molecule has 0 bridgehead atoms. The van der Waals surface area contributed by atoms with Gasteiger partial charge in [0.15, 0.2) is 0 Å². The fourth-order valence-electron chi connectivity index (χ4n) is 3.54. The van der Waals surface area contributed by atoms with Gasteiger partial charge in [-0.15, -0.1) is 12.4 Å². The molecule has 2 saturated heterocycles. The van der Waals surface area contributed by atoms with E-state index in [4.69, 9.17) is 11.6 Å². The SMILES string of the molecule is Cl.O=C(Cc1ccccc1Cl)N1CCN(CC2CCCNC2)CC1. The lowest BCUT2D eigenvalue weighted by molar-refractivity contribution is -0.132. The van der Waals surface area contributed by atoms with Crippen LogP contribution in [0.2, 0.25) is 5.02 Å². The number of carbonyl (C=O) groups is 1.